The predicted octanol–water partition coefficient (Wildman–Crippen LogP) is 4.16. The first-order chi connectivity index (χ1) is 17.7. The fourth-order valence-electron chi connectivity index (χ4n) is 4.64. The fourth-order valence-corrected chi connectivity index (χ4v) is 4.64. The third kappa shape index (κ3) is 5.93. The Hall–Kier alpha value is -3.86. The molecule has 0 bridgehead atoms. The van der Waals surface area contributed by atoms with E-state index in [9.17, 15) is 18.0 Å². The van der Waals surface area contributed by atoms with Gasteiger partial charge in [-0.1, -0.05) is 6.07 Å². The van der Waals surface area contributed by atoms with Crippen LogP contribution >= 0.6 is 0 Å². The van der Waals surface area contributed by atoms with Crippen molar-refractivity contribution in [3.8, 4) is 11.3 Å². The summed E-state index contributed by atoms with van der Waals surface area (Å²) in [5.41, 5.74) is 5.49. The van der Waals surface area contributed by atoms with Gasteiger partial charge in [0, 0.05) is 62.3 Å². The van der Waals surface area contributed by atoms with E-state index in [0.717, 1.165) is 39.4 Å². The van der Waals surface area contributed by atoms with Gasteiger partial charge in [0.15, 0.2) is 0 Å². The van der Waals surface area contributed by atoms with Crippen LogP contribution in [-0.4, -0.2) is 73.0 Å². The van der Waals surface area contributed by atoms with Crippen LogP contribution in [0.15, 0.2) is 55.1 Å². The van der Waals surface area contributed by atoms with E-state index in [-0.39, 0.29) is 19.1 Å². The minimum absolute atomic E-state index is 0.0349. The molecule has 0 saturated carbocycles. The van der Waals surface area contributed by atoms with Crippen molar-refractivity contribution in [1.29, 1.82) is 0 Å². The van der Waals surface area contributed by atoms with Gasteiger partial charge in [-0.25, -0.2) is 15.0 Å². The molecule has 37 heavy (non-hydrogen) atoms. The van der Waals surface area contributed by atoms with E-state index in [1.54, 1.807) is 12.4 Å². The Bertz CT molecular complexity index is 1380. The molecular weight excluding hydrogens is 483 g/mol. The van der Waals surface area contributed by atoms with Crippen molar-refractivity contribution in [2.24, 2.45) is 0 Å². The maximum Gasteiger partial charge on any atom is 0.397 e. The van der Waals surface area contributed by atoms with Gasteiger partial charge in [0.05, 0.1) is 16.7 Å². The average Bonchev–Trinajstić information content (AvgIpc) is 3.29. The van der Waals surface area contributed by atoms with Crippen LogP contribution in [0.2, 0.25) is 0 Å². The van der Waals surface area contributed by atoms with E-state index >= 15 is 0 Å². The van der Waals surface area contributed by atoms with Gasteiger partial charge in [-0.3, -0.25) is 14.7 Å². The number of halogens is 3. The molecule has 1 unspecified atom stereocenters. The minimum atomic E-state index is -4.48. The normalized spacial score (nSPS) is 15.7. The number of alkyl halides is 3. The van der Waals surface area contributed by atoms with E-state index in [1.165, 1.54) is 11.2 Å². The standard InChI is InChI=1S/C26H26F3N7O/c1-17(35-8-10-36(11-9-35)25(37)15-26(27,28)29)18-4-7-31-20(12-18)14-24-33-22-3-2-19(13-23(22)34-24)21-5-6-30-16-32-21/h2-7,12-13,16-17H,8-11,14-15H2,1H3,(H,33,34). The number of carbonyl (C=O) groups excluding carboxylic acids is 1. The maximum absolute atomic E-state index is 12.6. The summed E-state index contributed by atoms with van der Waals surface area (Å²) in [5, 5.41) is 0. The molecule has 1 saturated heterocycles. The molecule has 1 amide bonds. The molecule has 1 fully saturated rings. The number of amides is 1. The third-order valence-electron chi connectivity index (χ3n) is 6.65. The Morgan fingerprint density at radius 2 is 1.86 bits per heavy atom. The summed E-state index contributed by atoms with van der Waals surface area (Å²) in [7, 11) is 0. The van der Waals surface area contributed by atoms with Crippen molar-refractivity contribution < 1.29 is 18.0 Å². The van der Waals surface area contributed by atoms with Crippen LogP contribution in [0.3, 0.4) is 0 Å². The highest BCUT2D eigenvalue weighted by molar-refractivity contribution is 5.81. The Morgan fingerprint density at radius 3 is 2.59 bits per heavy atom. The van der Waals surface area contributed by atoms with Crippen molar-refractivity contribution in [1.82, 2.24) is 34.7 Å². The zero-order valence-electron chi connectivity index (χ0n) is 20.2. The summed E-state index contributed by atoms with van der Waals surface area (Å²) >= 11 is 0. The van der Waals surface area contributed by atoms with Crippen LogP contribution in [0, 0.1) is 0 Å². The summed E-state index contributed by atoms with van der Waals surface area (Å²) in [6, 6.07) is 11.8. The lowest BCUT2D eigenvalue weighted by Crippen LogP contribution is -2.50. The molecule has 4 aromatic rings. The average molecular weight is 510 g/mol. The molecule has 11 heteroatoms. The topological polar surface area (TPSA) is 90.9 Å². The number of piperazine rings is 1. The van der Waals surface area contributed by atoms with Crippen LogP contribution in [0.1, 0.15) is 36.5 Å². The number of imidazole rings is 1. The van der Waals surface area contributed by atoms with Gasteiger partial charge < -0.3 is 9.88 Å². The minimum Gasteiger partial charge on any atom is -0.342 e. The summed E-state index contributed by atoms with van der Waals surface area (Å²) in [6.07, 6.45) is -0.366. The number of carbonyl (C=O) groups is 1. The second-order valence-corrected chi connectivity index (χ2v) is 9.15. The summed E-state index contributed by atoms with van der Waals surface area (Å²) in [5.74, 6) is -0.0649. The SMILES string of the molecule is CC(c1ccnc(Cc2nc3ccc(-c4ccncn4)cc3[nH]2)c1)N1CCN(C(=O)CC(F)(F)F)CC1. The van der Waals surface area contributed by atoms with Crippen molar-refractivity contribution in [2.75, 3.05) is 26.2 Å². The van der Waals surface area contributed by atoms with E-state index in [4.69, 9.17) is 4.98 Å². The number of H-pyrrole nitrogens is 1. The van der Waals surface area contributed by atoms with Crippen molar-refractivity contribution in [2.45, 2.75) is 32.0 Å². The van der Waals surface area contributed by atoms with Crippen molar-refractivity contribution in [3.05, 3.63) is 72.2 Å². The molecule has 8 nitrogen and oxygen atoms in total. The second-order valence-electron chi connectivity index (χ2n) is 9.15. The number of pyridine rings is 1. The lowest BCUT2D eigenvalue weighted by molar-refractivity contribution is -0.162. The fraction of sp³-hybridized carbons (Fsp3) is 0.346. The summed E-state index contributed by atoms with van der Waals surface area (Å²) < 4.78 is 37.7. The number of aromatic nitrogens is 5. The van der Waals surface area contributed by atoms with E-state index < -0.39 is 18.5 Å². The predicted molar refractivity (Wildman–Crippen MR) is 131 cm³/mol. The Kier molecular flexibility index (Phi) is 6.88. The first-order valence-electron chi connectivity index (χ1n) is 12.0. The smallest absolute Gasteiger partial charge is 0.342 e. The molecule has 0 spiro atoms. The van der Waals surface area contributed by atoms with E-state index in [0.29, 0.717) is 19.5 Å². The molecule has 1 aliphatic rings. The molecule has 1 atom stereocenters. The Morgan fingerprint density at radius 1 is 1.05 bits per heavy atom. The summed E-state index contributed by atoms with van der Waals surface area (Å²) in [6.45, 7) is 3.66. The number of benzene rings is 1. The van der Waals surface area contributed by atoms with Crippen LogP contribution in [-0.2, 0) is 11.2 Å². The highest BCUT2D eigenvalue weighted by Gasteiger charge is 2.35. The van der Waals surface area contributed by atoms with Crippen molar-refractivity contribution >= 4 is 16.9 Å². The second kappa shape index (κ2) is 10.3. The zero-order valence-corrected chi connectivity index (χ0v) is 20.2. The monoisotopic (exact) mass is 509 g/mol. The van der Waals surface area contributed by atoms with E-state index in [1.807, 2.05) is 36.4 Å². The molecule has 1 aromatic carbocycles. The van der Waals surface area contributed by atoms with Crippen molar-refractivity contribution in [3.63, 3.8) is 0 Å². The number of hydrogen-bond acceptors (Lipinski definition) is 6. The number of aromatic amines is 1. The van der Waals surface area contributed by atoms with Gasteiger partial charge in [-0.05, 0) is 42.8 Å². The van der Waals surface area contributed by atoms with Gasteiger partial charge in [-0.2, -0.15) is 13.2 Å². The first-order valence-corrected chi connectivity index (χ1v) is 12.0. The lowest BCUT2D eigenvalue weighted by atomic mass is 10.1. The highest BCUT2D eigenvalue weighted by Crippen LogP contribution is 2.26. The quantitative estimate of drug-likeness (QED) is 0.420. The van der Waals surface area contributed by atoms with Crippen LogP contribution in [0.5, 0.6) is 0 Å². The number of nitrogens with one attached hydrogen (secondary N) is 1. The van der Waals surface area contributed by atoms with Gasteiger partial charge in [-0.15, -0.1) is 0 Å². The largest absolute Gasteiger partial charge is 0.397 e. The number of hydrogen-bond donors (Lipinski definition) is 1. The van der Waals surface area contributed by atoms with Crippen LogP contribution < -0.4 is 0 Å². The Balaban J connectivity index is 1.24. The molecule has 4 heterocycles. The third-order valence-corrected chi connectivity index (χ3v) is 6.65. The first kappa shape index (κ1) is 24.8. The zero-order chi connectivity index (χ0) is 26.0. The molecule has 0 aliphatic carbocycles. The van der Waals surface area contributed by atoms with Gasteiger partial charge in [0.25, 0.3) is 0 Å². The number of rotatable bonds is 6. The molecule has 192 valence electrons. The van der Waals surface area contributed by atoms with Crippen LogP contribution in [0.4, 0.5) is 13.2 Å². The molecule has 1 aliphatic heterocycles. The highest BCUT2D eigenvalue weighted by atomic mass is 19.4. The molecule has 0 radical (unpaired) electrons. The van der Waals surface area contributed by atoms with Gasteiger partial charge in [0.2, 0.25) is 5.91 Å². The van der Waals surface area contributed by atoms with Gasteiger partial charge in [0.1, 0.15) is 18.6 Å². The maximum atomic E-state index is 12.6. The number of fused-ring (bicyclic) bond motifs is 1. The van der Waals surface area contributed by atoms with Crippen LogP contribution in [0.25, 0.3) is 22.3 Å². The lowest BCUT2D eigenvalue weighted by Gasteiger charge is -2.38. The molecule has 5 rings (SSSR count). The van der Waals surface area contributed by atoms with E-state index in [2.05, 4.69) is 31.8 Å². The molecule has 3 aromatic heterocycles. The molecule has 1 N–H and O–H groups in total. The molecular formula is C26H26F3N7O. The van der Waals surface area contributed by atoms with Gasteiger partial charge >= 0.3 is 6.18 Å². The number of nitrogens with zero attached hydrogens (tertiary/aromatic N) is 6. The summed E-state index contributed by atoms with van der Waals surface area (Å²) in [4.78, 5) is 36.2. The Labute approximate surface area is 211 Å².